The van der Waals surface area contributed by atoms with Crippen LogP contribution < -0.4 is 0 Å². The highest BCUT2D eigenvalue weighted by molar-refractivity contribution is 6.31. The third-order valence-corrected chi connectivity index (χ3v) is 1.84. The van der Waals surface area contributed by atoms with Crippen LogP contribution >= 0.6 is 11.6 Å². The van der Waals surface area contributed by atoms with E-state index in [1.807, 2.05) is 0 Å². The highest BCUT2D eigenvalue weighted by atomic mass is 35.5. The summed E-state index contributed by atoms with van der Waals surface area (Å²) in [4.78, 5) is 0. The van der Waals surface area contributed by atoms with E-state index < -0.39 is 17.9 Å². The quantitative estimate of drug-likeness (QED) is 0.517. The van der Waals surface area contributed by atoms with Crippen LogP contribution in [-0.4, -0.2) is 6.17 Å². The summed E-state index contributed by atoms with van der Waals surface area (Å²) in [6.07, 6.45) is 1.28. The number of hydrogen-bond acceptors (Lipinski definition) is 0. The van der Waals surface area contributed by atoms with E-state index in [4.69, 9.17) is 11.6 Å². The van der Waals surface area contributed by atoms with Gasteiger partial charge in [0.05, 0.1) is 5.03 Å². The Balaban J connectivity index is 2.88. The van der Waals surface area contributed by atoms with Crippen molar-refractivity contribution in [1.82, 2.24) is 0 Å². The summed E-state index contributed by atoms with van der Waals surface area (Å²) in [5.74, 6) is -1.28. The van der Waals surface area contributed by atoms with E-state index in [-0.39, 0.29) is 5.03 Å². The SMILES string of the molecule is C[C@@H]1C(F)=C(Cl)C=CC1F. The molecule has 0 radical (unpaired) electrons. The van der Waals surface area contributed by atoms with Gasteiger partial charge in [-0.15, -0.1) is 0 Å². The Kier molecular flexibility index (Phi) is 2.09. The predicted octanol–water partition coefficient (Wildman–Crippen LogP) is 2.95. The van der Waals surface area contributed by atoms with Gasteiger partial charge in [0.25, 0.3) is 0 Å². The van der Waals surface area contributed by atoms with Crippen molar-refractivity contribution in [1.29, 1.82) is 0 Å². The van der Waals surface area contributed by atoms with Crippen molar-refractivity contribution in [2.75, 3.05) is 0 Å². The van der Waals surface area contributed by atoms with Gasteiger partial charge >= 0.3 is 0 Å². The van der Waals surface area contributed by atoms with Gasteiger partial charge in [0.2, 0.25) is 0 Å². The number of allylic oxidation sites excluding steroid dienone is 4. The van der Waals surface area contributed by atoms with Crippen LogP contribution in [0, 0.1) is 5.92 Å². The Bertz CT molecular complexity index is 196. The Morgan fingerprint density at radius 1 is 1.60 bits per heavy atom. The van der Waals surface area contributed by atoms with Crippen LogP contribution in [0.5, 0.6) is 0 Å². The molecule has 0 nitrogen and oxygen atoms in total. The van der Waals surface area contributed by atoms with Crippen molar-refractivity contribution in [2.24, 2.45) is 5.92 Å². The summed E-state index contributed by atoms with van der Waals surface area (Å²) in [7, 11) is 0. The molecule has 0 aromatic rings. The zero-order valence-corrected chi connectivity index (χ0v) is 6.20. The lowest BCUT2D eigenvalue weighted by molar-refractivity contribution is 0.290. The molecule has 0 N–H and O–H groups in total. The molecule has 1 unspecified atom stereocenters. The summed E-state index contributed by atoms with van der Waals surface area (Å²) in [5, 5.41) is 0.0152. The first-order valence-corrected chi connectivity index (χ1v) is 3.38. The molecule has 0 spiro atoms. The lowest BCUT2D eigenvalue weighted by atomic mass is 10.00. The number of alkyl halides is 1. The van der Waals surface area contributed by atoms with E-state index in [0.717, 1.165) is 0 Å². The summed E-state index contributed by atoms with van der Waals surface area (Å²) < 4.78 is 25.3. The molecule has 1 aliphatic rings. The second kappa shape index (κ2) is 2.70. The second-order valence-electron chi connectivity index (χ2n) is 2.29. The first-order valence-electron chi connectivity index (χ1n) is 3.00. The highest BCUT2D eigenvalue weighted by Gasteiger charge is 2.23. The van der Waals surface area contributed by atoms with Crippen LogP contribution in [-0.2, 0) is 0 Å². The Morgan fingerprint density at radius 2 is 2.20 bits per heavy atom. The molecule has 1 aliphatic carbocycles. The van der Waals surface area contributed by atoms with E-state index in [2.05, 4.69) is 0 Å². The molecule has 0 bridgehead atoms. The number of hydrogen-bond donors (Lipinski definition) is 0. The monoisotopic (exact) mass is 164 g/mol. The summed E-state index contributed by atoms with van der Waals surface area (Å²) in [6.45, 7) is 1.46. The van der Waals surface area contributed by atoms with Crippen LogP contribution in [0.1, 0.15) is 6.92 Å². The summed E-state index contributed by atoms with van der Waals surface area (Å²) in [6, 6.07) is 0. The minimum absolute atomic E-state index is 0.0152. The predicted molar refractivity (Wildman–Crippen MR) is 37.2 cm³/mol. The highest BCUT2D eigenvalue weighted by Crippen LogP contribution is 2.29. The van der Waals surface area contributed by atoms with E-state index >= 15 is 0 Å². The average molecular weight is 165 g/mol. The van der Waals surface area contributed by atoms with Gasteiger partial charge in [-0.2, -0.15) is 0 Å². The molecule has 0 aromatic carbocycles. The van der Waals surface area contributed by atoms with E-state index in [1.165, 1.54) is 19.1 Å². The van der Waals surface area contributed by atoms with Crippen molar-refractivity contribution in [3.05, 3.63) is 23.0 Å². The average Bonchev–Trinajstić information content (AvgIpc) is 1.93. The van der Waals surface area contributed by atoms with Crippen molar-refractivity contribution in [2.45, 2.75) is 13.1 Å². The van der Waals surface area contributed by atoms with Gasteiger partial charge in [0.1, 0.15) is 12.0 Å². The normalized spacial score (nSPS) is 33.2. The lowest BCUT2D eigenvalue weighted by Crippen LogP contribution is -2.13. The number of halogens is 3. The summed E-state index contributed by atoms with van der Waals surface area (Å²) >= 11 is 5.38. The Hall–Kier alpha value is -0.370. The first kappa shape index (κ1) is 7.73. The fourth-order valence-electron chi connectivity index (χ4n) is 0.780. The van der Waals surface area contributed by atoms with Crippen LogP contribution in [0.2, 0.25) is 0 Å². The molecule has 0 amide bonds. The lowest BCUT2D eigenvalue weighted by Gasteiger charge is -2.15. The van der Waals surface area contributed by atoms with Crippen molar-refractivity contribution >= 4 is 11.6 Å². The third kappa shape index (κ3) is 1.21. The van der Waals surface area contributed by atoms with Crippen LogP contribution in [0.15, 0.2) is 23.0 Å². The maximum atomic E-state index is 12.7. The standard InChI is InChI=1S/C7H7ClF2/c1-4-6(9)3-2-5(8)7(4)10/h2-4,6H,1H3/t4-,6?/m0/s1. The maximum Gasteiger partial charge on any atom is 0.127 e. The molecule has 0 aliphatic heterocycles. The van der Waals surface area contributed by atoms with Gasteiger partial charge < -0.3 is 0 Å². The van der Waals surface area contributed by atoms with Crippen LogP contribution in [0.4, 0.5) is 8.78 Å². The molecular formula is C7H7ClF2. The molecule has 56 valence electrons. The van der Waals surface area contributed by atoms with Crippen LogP contribution in [0.25, 0.3) is 0 Å². The zero-order valence-electron chi connectivity index (χ0n) is 5.44. The minimum atomic E-state index is -1.23. The van der Waals surface area contributed by atoms with Crippen LogP contribution in [0.3, 0.4) is 0 Å². The molecule has 0 heterocycles. The van der Waals surface area contributed by atoms with E-state index in [9.17, 15) is 8.78 Å². The largest absolute Gasteiger partial charge is 0.242 e. The molecule has 0 saturated heterocycles. The molecule has 0 fully saturated rings. The third-order valence-electron chi connectivity index (χ3n) is 1.53. The molecule has 0 saturated carbocycles. The molecule has 10 heavy (non-hydrogen) atoms. The smallest absolute Gasteiger partial charge is 0.127 e. The second-order valence-corrected chi connectivity index (χ2v) is 2.70. The molecule has 2 atom stereocenters. The van der Waals surface area contributed by atoms with Gasteiger partial charge in [0, 0.05) is 5.92 Å². The van der Waals surface area contributed by atoms with Gasteiger partial charge in [-0.05, 0) is 12.2 Å². The van der Waals surface area contributed by atoms with Crippen molar-refractivity contribution in [3.63, 3.8) is 0 Å². The number of rotatable bonds is 0. The van der Waals surface area contributed by atoms with Crippen molar-refractivity contribution < 1.29 is 8.78 Å². The van der Waals surface area contributed by atoms with E-state index in [0.29, 0.717) is 0 Å². The fourth-order valence-corrected chi connectivity index (χ4v) is 1.02. The van der Waals surface area contributed by atoms with Gasteiger partial charge in [-0.1, -0.05) is 18.5 Å². The fraction of sp³-hybridized carbons (Fsp3) is 0.429. The van der Waals surface area contributed by atoms with Gasteiger partial charge in [0.15, 0.2) is 0 Å². The van der Waals surface area contributed by atoms with Gasteiger partial charge in [-0.3, -0.25) is 0 Å². The first-order chi connectivity index (χ1) is 4.63. The molecule has 3 heteroatoms. The maximum absolute atomic E-state index is 12.7. The molecular weight excluding hydrogens is 158 g/mol. The topological polar surface area (TPSA) is 0 Å². The molecule has 1 rings (SSSR count). The van der Waals surface area contributed by atoms with E-state index in [1.54, 1.807) is 0 Å². The molecule has 0 aromatic heterocycles. The zero-order chi connectivity index (χ0) is 7.72. The minimum Gasteiger partial charge on any atom is -0.242 e. The van der Waals surface area contributed by atoms with Crippen molar-refractivity contribution in [3.8, 4) is 0 Å². The van der Waals surface area contributed by atoms with Gasteiger partial charge in [-0.25, -0.2) is 8.78 Å². The summed E-state index contributed by atoms with van der Waals surface area (Å²) in [5.41, 5.74) is 0. The Morgan fingerprint density at radius 3 is 2.70 bits per heavy atom. The Labute approximate surface area is 63.2 Å².